The maximum Gasteiger partial charge on any atom is 0.0762 e. The fourth-order valence-corrected chi connectivity index (χ4v) is 2.10. The summed E-state index contributed by atoms with van der Waals surface area (Å²) in [5.41, 5.74) is 2.17. The van der Waals surface area contributed by atoms with Crippen LogP contribution in [-0.4, -0.2) is 22.4 Å². The van der Waals surface area contributed by atoms with Gasteiger partial charge in [-0.1, -0.05) is 72.8 Å². The highest BCUT2D eigenvalue weighted by molar-refractivity contribution is 5.18. The lowest BCUT2D eigenvalue weighted by atomic mass is 10.0. The van der Waals surface area contributed by atoms with Gasteiger partial charge in [0.15, 0.2) is 0 Å². The first-order valence-electron chi connectivity index (χ1n) is 6.86. The monoisotopic (exact) mass is 268 g/mol. The van der Waals surface area contributed by atoms with E-state index in [1.54, 1.807) is 12.2 Å². The van der Waals surface area contributed by atoms with Crippen LogP contribution in [0.15, 0.2) is 72.8 Å². The molecule has 0 aliphatic rings. The van der Waals surface area contributed by atoms with E-state index < -0.39 is 12.2 Å². The van der Waals surface area contributed by atoms with Gasteiger partial charge in [-0.15, -0.1) is 0 Å². The average Bonchev–Trinajstić information content (AvgIpc) is 2.47. The van der Waals surface area contributed by atoms with Gasteiger partial charge in [0.25, 0.3) is 0 Å². The summed E-state index contributed by atoms with van der Waals surface area (Å²) in [6, 6.07) is 19.7. The number of benzene rings is 2. The third-order valence-electron chi connectivity index (χ3n) is 3.13. The lowest BCUT2D eigenvalue weighted by Crippen LogP contribution is -2.11. The largest absolute Gasteiger partial charge is 0.389 e. The molecule has 2 nitrogen and oxygen atoms in total. The van der Waals surface area contributed by atoms with Crippen molar-refractivity contribution in [1.29, 1.82) is 0 Å². The van der Waals surface area contributed by atoms with Gasteiger partial charge in [0.1, 0.15) is 0 Å². The van der Waals surface area contributed by atoms with Crippen LogP contribution in [-0.2, 0) is 12.8 Å². The van der Waals surface area contributed by atoms with Crippen LogP contribution in [0.2, 0.25) is 0 Å². The molecule has 2 unspecified atom stereocenters. The number of aliphatic hydroxyl groups excluding tert-OH is 2. The van der Waals surface area contributed by atoms with E-state index in [4.69, 9.17) is 0 Å². The molecule has 2 aromatic rings. The maximum absolute atomic E-state index is 9.92. The van der Waals surface area contributed by atoms with Gasteiger partial charge < -0.3 is 10.2 Å². The number of hydrogen-bond donors (Lipinski definition) is 2. The van der Waals surface area contributed by atoms with Gasteiger partial charge in [-0.05, 0) is 11.1 Å². The molecule has 2 atom stereocenters. The van der Waals surface area contributed by atoms with Crippen molar-refractivity contribution in [1.82, 2.24) is 0 Å². The Morgan fingerprint density at radius 2 is 1.00 bits per heavy atom. The van der Waals surface area contributed by atoms with E-state index in [-0.39, 0.29) is 0 Å². The summed E-state index contributed by atoms with van der Waals surface area (Å²) in [6.45, 7) is 0. The maximum atomic E-state index is 9.92. The summed E-state index contributed by atoms with van der Waals surface area (Å²) in [6.07, 6.45) is 3.33. The fraction of sp³-hybridized carbons (Fsp3) is 0.222. The molecule has 0 aliphatic heterocycles. The molecule has 104 valence electrons. The molecule has 0 saturated heterocycles. The zero-order valence-corrected chi connectivity index (χ0v) is 11.4. The van der Waals surface area contributed by atoms with Crippen LogP contribution in [0, 0.1) is 0 Å². The molecule has 0 amide bonds. The molecule has 20 heavy (non-hydrogen) atoms. The van der Waals surface area contributed by atoms with Gasteiger partial charge in [0.2, 0.25) is 0 Å². The highest BCUT2D eigenvalue weighted by atomic mass is 16.3. The predicted octanol–water partition coefficient (Wildman–Crippen LogP) is 2.75. The van der Waals surface area contributed by atoms with Crippen molar-refractivity contribution in [3.63, 3.8) is 0 Å². The molecule has 0 aliphatic carbocycles. The van der Waals surface area contributed by atoms with Crippen molar-refractivity contribution < 1.29 is 10.2 Å². The summed E-state index contributed by atoms with van der Waals surface area (Å²) in [5, 5.41) is 19.8. The lowest BCUT2D eigenvalue weighted by molar-refractivity contribution is 0.207. The number of aliphatic hydroxyl groups is 2. The highest BCUT2D eigenvalue weighted by Crippen LogP contribution is 2.07. The molecule has 2 N–H and O–H groups in total. The van der Waals surface area contributed by atoms with Crippen molar-refractivity contribution >= 4 is 0 Å². The normalized spacial score (nSPS) is 14.3. The minimum absolute atomic E-state index is 0.565. The van der Waals surface area contributed by atoms with Gasteiger partial charge >= 0.3 is 0 Å². The van der Waals surface area contributed by atoms with Crippen LogP contribution in [0.3, 0.4) is 0 Å². The Bertz CT molecular complexity index is 470. The Hall–Kier alpha value is -1.90. The molecule has 0 heterocycles. The Balaban J connectivity index is 1.82. The second-order valence-electron chi connectivity index (χ2n) is 4.90. The van der Waals surface area contributed by atoms with Gasteiger partial charge in [-0.3, -0.25) is 0 Å². The van der Waals surface area contributed by atoms with E-state index in [1.807, 2.05) is 60.7 Å². The van der Waals surface area contributed by atoms with Gasteiger partial charge in [-0.2, -0.15) is 0 Å². The van der Waals surface area contributed by atoms with Crippen LogP contribution < -0.4 is 0 Å². The zero-order valence-electron chi connectivity index (χ0n) is 11.4. The van der Waals surface area contributed by atoms with Crippen molar-refractivity contribution in [3.05, 3.63) is 83.9 Å². The molecular formula is C18H20O2. The molecule has 0 radical (unpaired) electrons. The van der Waals surface area contributed by atoms with E-state index in [2.05, 4.69) is 0 Å². The SMILES string of the molecule is OC(/C=C/C(O)Cc1ccccc1)Cc1ccccc1. The first-order valence-corrected chi connectivity index (χ1v) is 6.86. The van der Waals surface area contributed by atoms with E-state index >= 15 is 0 Å². The van der Waals surface area contributed by atoms with E-state index in [0.717, 1.165) is 11.1 Å². The molecule has 2 aromatic carbocycles. The molecule has 2 rings (SSSR count). The highest BCUT2D eigenvalue weighted by Gasteiger charge is 2.04. The molecule has 0 fully saturated rings. The third kappa shape index (κ3) is 5.00. The summed E-state index contributed by atoms with van der Waals surface area (Å²) < 4.78 is 0. The summed E-state index contributed by atoms with van der Waals surface area (Å²) in [5.74, 6) is 0. The van der Waals surface area contributed by atoms with Crippen LogP contribution >= 0.6 is 0 Å². The summed E-state index contributed by atoms with van der Waals surface area (Å²) >= 11 is 0. The van der Waals surface area contributed by atoms with Crippen molar-refractivity contribution in [2.45, 2.75) is 25.0 Å². The van der Waals surface area contributed by atoms with Crippen LogP contribution in [0.4, 0.5) is 0 Å². The quantitative estimate of drug-likeness (QED) is 0.791. The lowest BCUT2D eigenvalue weighted by Gasteiger charge is -2.08. The first kappa shape index (κ1) is 14.5. The summed E-state index contributed by atoms with van der Waals surface area (Å²) in [7, 11) is 0. The zero-order chi connectivity index (χ0) is 14.2. The van der Waals surface area contributed by atoms with Gasteiger partial charge in [0.05, 0.1) is 12.2 Å². The molecule has 0 aromatic heterocycles. The van der Waals surface area contributed by atoms with Crippen LogP contribution in [0.5, 0.6) is 0 Å². The number of hydrogen-bond acceptors (Lipinski definition) is 2. The standard InChI is InChI=1S/C18H20O2/c19-17(13-15-7-3-1-4-8-15)11-12-18(20)14-16-9-5-2-6-10-16/h1-12,17-20H,13-14H2/b12-11+. The second kappa shape index (κ2) is 7.63. The topological polar surface area (TPSA) is 40.5 Å². The van der Waals surface area contributed by atoms with Crippen molar-refractivity contribution in [2.24, 2.45) is 0 Å². The Morgan fingerprint density at radius 1 is 0.650 bits per heavy atom. The van der Waals surface area contributed by atoms with Crippen LogP contribution in [0.25, 0.3) is 0 Å². The Kier molecular flexibility index (Phi) is 5.54. The Labute approximate surface area is 120 Å². The van der Waals surface area contributed by atoms with Crippen molar-refractivity contribution in [3.8, 4) is 0 Å². The van der Waals surface area contributed by atoms with Gasteiger partial charge in [-0.25, -0.2) is 0 Å². The van der Waals surface area contributed by atoms with Crippen molar-refractivity contribution in [2.75, 3.05) is 0 Å². The smallest absolute Gasteiger partial charge is 0.0762 e. The first-order chi connectivity index (χ1) is 9.74. The second-order valence-corrected chi connectivity index (χ2v) is 4.90. The predicted molar refractivity (Wildman–Crippen MR) is 81.4 cm³/mol. The van der Waals surface area contributed by atoms with Gasteiger partial charge in [0, 0.05) is 12.8 Å². The van der Waals surface area contributed by atoms with E-state index in [0.29, 0.717) is 12.8 Å². The molecule has 0 bridgehead atoms. The molecule has 2 heteroatoms. The summed E-state index contributed by atoms with van der Waals surface area (Å²) in [4.78, 5) is 0. The minimum Gasteiger partial charge on any atom is -0.389 e. The average molecular weight is 268 g/mol. The van der Waals surface area contributed by atoms with E-state index in [1.165, 1.54) is 0 Å². The fourth-order valence-electron chi connectivity index (χ4n) is 2.10. The van der Waals surface area contributed by atoms with E-state index in [9.17, 15) is 10.2 Å². The molecular weight excluding hydrogens is 248 g/mol. The molecule has 0 spiro atoms. The number of rotatable bonds is 6. The minimum atomic E-state index is -0.567. The molecule has 0 saturated carbocycles. The third-order valence-corrected chi connectivity index (χ3v) is 3.13. The Morgan fingerprint density at radius 3 is 1.35 bits per heavy atom. The van der Waals surface area contributed by atoms with Crippen LogP contribution in [0.1, 0.15) is 11.1 Å².